The Labute approximate surface area is 420 Å². The molecule has 7 heteroatoms. The highest BCUT2D eigenvalue weighted by atomic mass is 16.2. The quantitative estimate of drug-likeness (QED) is 0.0570. The summed E-state index contributed by atoms with van der Waals surface area (Å²) in [5, 5.41) is 0. The largest absolute Gasteiger partial charge is 0.343 e. The molecule has 3 amide bonds. The number of likely N-dealkylation sites (N-methyl/N-ethyl adjacent to an activating group) is 1. The lowest BCUT2D eigenvalue weighted by molar-refractivity contribution is -0.132. The maximum atomic E-state index is 13.4. The number of hydrogen-bond acceptors (Lipinski definition) is 4. The lowest BCUT2D eigenvalue weighted by atomic mass is 10.1. The van der Waals surface area contributed by atoms with Crippen molar-refractivity contribution in [2.24, 2.45) is 0 Å². The van der Waals surface area contributed by atoms with Crippen molar-refractivity contribution in [3.8, 4) is 0 Å². The van der Waals surface area contributed by atoms with Crippen molar-refractivity contribution < 1.29 is 14.4 Å². The van der Waals surface area contributed by atoms with Crippen LogP contribution in [0.25, 0.3) is 0 Å². The van der Waals surface area contributed by atoms with Gasteiger partial charge in [0.05, 0.1) is 6.54 Å². The van der Waals surface area contributed by atoms with Gasteiger partial charge in [0.15, 0.2) is 0 Å². The number of nitrogens with zero attached hydrogens (tertiary/aromatic N) is 4. The summed E-state index contributed by atoms with van der Waals surface area (Å²) in [5.74, 6) is 0.994. The molecule has 0 radical (unpaired) electrons. The summed E-state index contributed by atoms with van der Waals surface area (Å²) in [6, 6.07) is 0. The van der Waals surface area contributed by atoms with Crippen molar-refractivity contribution in [1.29, 1.82) is 0 Å². The maximum absolute atomic E-state index is 13.4. The van der Waals surface area contributed by atoms with Crippen molar-refractivity contribution in [1.82, 2.24) is 19.6 Å². The summed E-state index contributed by atoms with van der Waals surface area (Å²) in [7, 11) is 3.97. The molecule has 0 aromatic heterocycles. The summed E-state index contributed by atoms with van der Waals surface area (Å²) in [4.78, 5) is 48.6. The van der Waals surface area contributed by atoms with Gasteiger partial charge >= 0.3 is 0 Å². The molecular weight excluding hydrogens is 825 g/mol. The van der Waals surface area contributed by atoms with E-state index in [0.717, 1.165) is 129 Å². The predicted octanol–water partition coefficient (Wildman–Crippen LogP) is 17.3. The van der Waals surface area contributed by atoms with Crippen molar-refractivity contribution in [3.63, 3.8) is 0 Å². The Morgan fingerprint density at radius 3 is 0.627 bits per heavy atom. The molecule has 0 bridgehead atoms. The third-order valence-electron chi connectivity index (χ3n) is 14.3. The van der Waals surface area contributed by atoms with E-state index in [-0.39, 0.29) is 5.91 Å². The predicted molar refractivity (Wildman–Crippen MR) is 294 cm³/mol. The average Bonchev–Trinajstić information content (AvgIpc) is 3.31. The molecule has 67 heavy (non-hydrogen) atoms. The highest BCUT2D eigenvalue weighted by molar-refractivity contribution is 5.78. The highest BCUT2D eigenvalue weighted by Gasteiger charge is 2.16. The third kappa shape index (κ3) is 45.3. The fraction of sp³-hybridized carbons (Fsp3) is 0.950. The highest BCUT2D eigenvalue weighted by Crippen LogP contribution is 2.17. The zero-order valence-corrected chi connectivity index (χ0v) is 46.6. The topological polar surface area (TPSA) is 64.2 Å². The summed E-state index contributed by atoms with van der Waals surface area (Å²) in [6.45, 7) is 15.0. The molecule has 0 heterocycles. The number of amides is 3. The molecule has 0 fully saturated rings. The van der Waals surface area contributed by atoms with Crippen LogP contribution in [0.5, 0.6) is 0 Å². The van der Waals surface area contributed by atoms with Crippen LogP contribution in [-0.2, 0) is 14.4 Å². The molecule has 0 aliphatic carbocycles. The molecule has 0 aliphatic rings. The second-order valence-electron chi connectivity index (χ2n) is 21.3. The van der Waals surface area contributed by atoms with Crippen LogP contribution in [-0.4, -0.2) is 97.2 Å². The smallest absolute Gasteiger partial charge is 0.236 e. The zero-order chi connectivity index (χ0) is 49.1. The Balaban J connectivity index is 4.66. The molecular formula is C60H120N4O3. The first-order valence-electron chi connectivity index (χ1n) is 30.3. The Kier molecular flexibility index (Phi) is 50.9. The van der Waals surface area contributed by atoms with E-state index in [1.807, 2.05) is 19.0 Å². The number of carbonyl (C=O) groups is 3. The lowest BCUT2D eigenvalue weighted by Crippen LogP contribution is -2.39. The Morgan fingerprint density at radius 1 is 0.239 bits per heavy atom. The van der Waals surface area contributed by atoms with E-state index >= 15 is 0 Å². The van der Waals surface area contributed by atoms with E-state index in [4.69, 9.17) is 0 Å². The SMILES string of the molecule is CCCCCCCCCCN(CCCCCCCCCC)C(=O)CCCCCCCN(CCCCCCCC(=O)N(CCCCCCCCCC)CCCCCCCCCC)C(=O)CN(C)C. The average molecular weight is 946 g/mol. The van der Waals surface area contributed by atoms with Crippen LogP contribution >= 0.6 is 0 Å². The van der Waals surface area contributed by atoms with Crippen LogP contribution in [0.2, 0.25) is 0 Å². The zero-order valence-electron chi connectivity index (χ0n) is 46.6. The number of rotatable bonds is 54. The lowest BCUT2D eigenvalue weighted by Gasteiger charge is -2.24. The standard InChI is InChI=1S/C60H120N4O3/c1-7-11-15-19-23-27-35-43-51-62(52-44-36-28-24-20-16-12-8-2)58(65)49-41-33-31-39-47-55-64(60(67)57-61(5)6)56-48-40-32-34-42-50-59(66)63(53-45-37-29-25-21-17-13-9-3)54-46-38-30-26-22-18-14-10-4/h7-57H2,1-6H3. The Hall–Kier alpha value is -1.63. The molecule has 7 nitrogen and oxygen atoms in total. The molecule has 0 aliphatic heterocycles. The van der Waals surface area contributed by atoms with Gasteiger partial charge in [0.25, 0.3) is 0 Å². The minimum Gasteiger partial charge on any atom is -0.343 e. The second kappa shape index (κ2) is 52.2. The van der Waals surface area contributed by atoms with Crippen LogP contribution in [0.1, 0.15) is 310 Å². The van der Waals surface area contributed by atoms with Crippen molar-refractivity contribution in [2.45, 2.75) is 310 Å². The molecule has 0 rings (SSSR count). The molecule has 0 aromatic rings. The van der Waals surface area contributed by atoms with Crippen molar-refractivity contribution in [3.05, 3.63) is 0 Å². The van der Waals surface area contributed by atoms with E-state index in [1.54, 1.807) is 0 Å². The molecule has 0 unspecified atom stereocenters. The van der Waals surface area contributed by atoms with Gasteiger partial charge in [-0.2, -0.15) is 0 Å². The number of unbranched alkanes of at least 4 members (excludes halogenated alkanes) is 36. The Morgan fingerprint density at radius 2 is 0.418 bits per heavy atom. The van der Waals surface area contributed by atoms with Crippen LogP contribution in [0.15, 0.2) is 0 Å². The van der Waals surface area contributed by atoms with Crippen LogP contribution in [0.3, 0.4) is 0 Å². The van der Waals surface area contributed by atoms with Gasteiger partial charge in [0, 0.05) is 52.1 Å². The third-order valence-corrected chi connectivity index (χ3v) is 14.3. The first-order valence-corrected chi connectivity index (χ1v) is 30.3. The molecule has 0 atom stereocenters. The van der Waals surface area contributed by atoms with E-state index in [9.17, 15) is 14.4 Å². The van der Waals surface area contributed by atoms with Gasteiger partial charge in [-0.3, -0.25) is 14.4 Å². The van der Waals surface area contributed by atoms with Crippen LogP contribution in [0.4, 0.5) is 0 Å². The fourth-order valence-corrected chi connectivity index (χ4v) is 9.73. The van der Waals surface area contributed by atoms with Crippen molar-refractivity contribution in [2.75, 3.05) is 59.9 Å². The molecule has 0 N–H and O–H groups in total. The first-order chi connectivity index (χ1) is 32.8. The Bertz CT molecular complexity index is 942. The van der Waals surface area contributed by atoms with E-state index in [2.05, 4.69) is 42.4 Å². The maximum Gasteiger partial charge on any atom is 0.236 e. The van der Waals surface area contributed by atoms with E-state index < -0.39 is 0 Å². The van der Waals surface area contributed by atoms with Gasteiger partial charge < -0.3 is 19.6 Å². The van der Waals surface area contributed by atoms with Gasteiger partial charge in [-0.1, -0.05) is 246 Å². The van der Waals surface area contributed by atoms with Crippen molar-refractivity contribution >= 4 is 17.7 Å². The normalized spacial score (nSPS) is 11.5. The molecule has 0 aromatic carbocycles. The monoisotopic (exact) mass is 945 g/mol. The summed E-state index contributed by atoms with van der Waals surface area (Å²) < 4.78 is 0. The summed E-state index contributed by atoms with van der Waals surface area (Å²) in [5.41, 5.74) is 0. The number of carbonyl (C=O) groups excluding carboxylic acids is 3. The minimum absolute atomic E-state index is 0.238. The van der Waals surface area contributed by atoms with Gasteiger partial charge in [-0.25, -0.2) is 0 Å². The number of hydrogen-bond donors (Lipinski definition) is 0. The van der Waals surface area contributed by atoms with Crippen LogP contribution in [0, 0.1) is 0 Å². The molecule has 398 valence electrons. The van der Waals surface area contributed by atoms with E-state index in [1.165, 1.54) is 180 Å². The van der Waals surface area contributed by atoms with E-state index in [0.29, 0.717) is 31.2 Å². The molecule has 0 saturated carbocycles. The molecule has 0 saturated heterocycles. The summed E-state index contributed by atoms with van der Waals surface area (Å²) >= 11 is 0. The summed E-state index contributed by atoms with van der Waals surface area (Å²) in [6.07, 6.45) is 53.9. The van der Waals surface area contributed by atoms with Gasteiger partial charge in [-0.05, 0) is 65.5 Å². The van der Waals surface area contributed by atoms with Gasteiger partial charge in [0.1, 0.15) is 0 Å². The molecule has 0 spiro atoms. The minimum atomic E-state index is 0.238. The second-order valence-corrected chi connectivity index (χ2v) is 21.3. The van der Waals surface area contributed by atoms with Gasteiger partial charge in [0.2, 0.25) is 17.7 Å². The van der Waals surface area contributed by atoms with Crippen LogP contribution < -0.4 is 0 Å². The fourth-order valence-electron chi connectivity index (χ4n) is 9.73. The first kappa shape index (κ1) is 65.4. The van der Waals surface area contributed by atoms with Gasteiger partial charge in [-0.15, -0.1) is 0 Å².